The van der Waals surface area contributed by atoms with E-state index in [1.54, 1.807) is 0 Å². The summed E-state index contributed by atoms with van der Waals surface area (Å²) in [6.45, 7) is -0.565. The Labute approximate surface area is 108 Å². The van der Waals surface area contributed by atoms with Crippen LogP contribution in [-0.4, -0.2) is 28.9 Å². The van der Waals surface area contributed by atoms with E-state index in [0.717, 1.165) is 0 Å². The molecular formula is C10H7F5O3S. The van der Waals surface area contributed by atoms with Crippen molar-refractivity contribution in [1.82, 2.24) is 0 Å². The van der Waals surface area contributed by atoms with Crippen molar-refractivity contribution < 1.29 is 36.6 Å². The van der Waals surface area contributed by atoms with E-state index in [9.17, 15) is 26.7 Å². The van der Waals surface area contributed by atoms with Crippen molar-refractivity contribution in [2.24, 2.45) is 0 Å². The van der Waals surface area contributed by atoms with E-state index in [-0.39, 0.29) is 0 Å². The minimum Gasteiger partial charge on any atom is -0.487 e. The molecule has 0 spiro atoms. The zero-order valence-corrected chi connectivity index (χ0v) is 9.95. The zero-order chi connectivity index (χ0) is 14.6. The number of hydrogen-bond acceptors (Lipinski definition) is 3. The van der Waals surface area contributed by atoms with Gasteiger partial charge in [-0.3, -0.25) is 0 Å². The summed E-state index contributed by atoms with van der Waals surface area (Å²) in [6, 6.07) is 1.05. The topological polar surface area (TPSA) is 46.5 Å². The number of carboxylic acids is 1. The molecule has 0 amide bonds. The molecule has 106 valence electrons. The fraction of sp³-hybridized carbons (Fsp3) is 0.300. The van der Waals surface area contributed by atoms with E-state index in [4.69, 9.17) is 5.11 Å². The highest BCUT2D eigenvalue weighted by atomic mass is 32.2. The molecule has 3 nitrogen and oxygen atoms in total. The number of ether oxygens (including phenoxy) is 1. The van der Waals surface area contributed by atoms with Crippen LogP contribution in [0, 0.1) is 11.6 Å². The molecule has 0 aliphatic rings. The molecular weight excluding hydrogens is 295 g/mol. The lowest BCUT2D eigenvalue weighted by atomic mass is 10.2. The van der Waals surface area contributed by atoms with Gasteiger partial charge in [-0.05, 0) is 23.9 Å². The van der Waals surface area contributed by atoms with Crippen molar-refractivity contribution in [2.75, 3.05) is 12.4 Å². The van der Waals surface area contributed by atoms with Gasteiger partial charge in [-0.25, -0.2) is 13.6 Å². The van der Waals surface area contributed by atoms with Crippen LogP contribution >= 0.6 is 11.8 Å². The highest BCUT2D eigenvalue weighted by Gasteiger charge is 2.27. The molecule has 0 aliphatic carbocycles. The molecule has 0 heterocycles. The molecule has 0 bridgehead atoms. The molecule has 9 heteroatoms. The van der Waals surface area contributed by atoms with Crippen molar-refractivity contribution in [3.05, 3.63) is 29.3 Å². The third-order valence-corrected chi connectivity index (χ3v) is 2.54. The summed E-state index contributed by atoms with van der Waals surface area (Å²) in [5.41, 5.74) is -5.07. The molecule has 1 aromatic rings. The standard InChI is InChI=1S/C10H7F5O3S/c11-6-3-5(9(16)17)4-7(12)8(6)18-1-2-19-10(13,14)15/h3-4H,1-2H2,(H,16,17). The fourth-order valence-electron chi connectivity index (χ4n) is 1.12. The Bertz CT molecular complexity index is 452. The van der Waals surface area contributed by atoms with Gasteiger partial charge in [0, 0.05) is 5.75 Å². The Kier molecular flexibility index (Phi) is 4.98. The van der Waals surface area contributed by atoms with Crippen molar-refractivity contribution in [3.8, 4) is 5.75 Å². The van der Waals surface area contributed by atoms with Gasteiger partial charge in [-0.2, -0.15) is 13.2 Å². The van der Waals surface area contributed by atoms with Crippen LogP contribution in [0.5, 0.6) is 5.75 Å². The second-order valence-electron chi connectivity index (χ2n) is 3.22. The predicted molar refractivity (Wildman–Crippen MR) is 57.3 cm³/mol. The van der Waals surface area contributed by atoms with Crippen LogP contribution in [0.2, 0.25) is 0 Å². The molecule has 0 aliphatic heterocycles. The van der Waals surface area contributed by atoms with E-state index < -0.39 is 58.5 Å². The molecule has 0 fully saturated rings. The first-order valence-electron chi connectivity index (χ1n) is 4.76. The molecule has 1 aromatic carbocycles. The van der Waals surface area contributed by atoms with Gasteiger partial charge in [0.25, 0.3) is 0 Å². The molecule has 19 heavy (non-hydrogen) atoms. The first-order valence-corrected chi connectivity index (χ1v) is 5.75. The van der Waals surface area contributed by atoms with Gasteiger partial charge in [0.05, 0.1) is 12.2 Å². The van der Waals surface area contributed by atoms with Crippen LogP contribution in [0.15, 0.2) is 12.1 Å². The molecule has 0 saturated carbocycles. The van der Waals surface area contributed by atoms with Gasteiger partial charge in [0.2, 0.25) is 0 Å². The van der Waals surface area contributed by atoms with Gasteiger partial charge in [0.15, 0.2) is 17.4 Å². The summed E-state index contributed by atoms with van der Waals surface area (Å²) in [4.78, 5) is 10.5. The summed E-state index contributed by atoms with van der Waals surface area (Å²) in [7, 11) is 0. The number of carbonyl (C=O) groups is 1. The maximum atomic E-state index is 13.3. The van der Waals surface area contributed by atoms with Gasteiger partial charge in [-0.15, -0.1) is 0 Å². The quantitative estimate of drug-likeness (QED) is 0.669. The molecule has 0 atom stereocenters. The minimum atomic E-state index is -4.45. The number of alkyl halides is 3. The highest BCUT2D eigenvalue weighted by Crippen LogP contribution is 2.30. The van der Waals surface area contributed by atoms with Crippen molar-refractivity contribution in [2.45, 2.75) is 5.51 Å². The number of hydrogen-bond donors (Lipinski definition) is 1. The monoisotopic (exact) mass is 302 g/mol. The lowest BCUT2D eigenvalue weighted by Crippen LogP contribution is -2.09. The van der Waals surface area contributed by atoms with E-state index in [0.29, 0.717) is 12.1 Å². The predicted octanol–water partition coefficient (Wildman–Crippen LogP) is 3.29. The number of carboxylic acid groups (broad SMARTS) is 1. The van der Waals surface area contributed by atoms with Crippen LogP contribution in [0.4, 0.5) is 22.0 Å². The van der Waals surface area contributed by atoms with Crippen molar-refractivity contribution in [3.63, 3.8) is 0 Å². The smallest absolute Gasteiger partial charge is 0.441 e. The molecule has 0 saturated heterocycles. The molecule has 0 unspecified atom stereocenters. The van der Waals surface area contributed by atoms with Gasteiger partial charge >= 0.3 is 11.5 Å². The second kappa shape index (κ2) is 6.09. The Morgan fingerprint density at radius 3 is 2.21 bits per heavy atom. The van der Waals surface area contributed by atoms with Crippen LogP contribution in [0.3, 0.4) is 0 Å². The number of aromatic carboxylic acids is 1. The Morgan fingerprint density at radius 1 is 1.26 bits per heavy atom. The van der Waals surface area contributed by atoms with Gasteiger partial charge in [0.1, 0.15) is 0 Å². The molecule has 0 radical (unpaired) electrons. The average Bonchev–Trinajstić information content (AvgIpc) is 2.25. The van der Waals surface area contributed by atoms with Gasteiger partial charge < -0.3 is 9.84 Å². The first-order chi connectivity index (χ1) is 8.70. The normalized spacial score (nSPS) is 11.4. The van der Waals surface area contributed by atoms with Crippen LogP contribution in [0.25, 0.3) is 0 Å². The molecule has 1 rings (SSSR count). The lowest BCUT2D eigenvalue weighted by Gasteiger charge is -2.09. The maximum Gasteiger partial charge on any atom is 0.441 e. The van der Waals surface area contributed by atoms with E-state index >= 15 is 0 Å². The van der Waals surface area contributed by atoms with Crippen molar-refractivity contribution >= 4 is 17.7 Å². The third-order valence-electron chi connectivity index (χ3n) is 1.84. The van der Waals surface area contributed by atoms with Crippen LogP contribution in [0.1, 0.15) is 10.4 Å². The molecule has 1 N–H and O–H groups in total. The van der Waals surface area contributed by atoms with E-state index in [1.807, 2.05) is 0 Å². The summed E-state index contributed by atoms with van der Waals surface area (Å²) in [6.07, 6.45) is 0. The van der Waals surface area contributed by atoms with Crippen molar-refractivity contribution in [1.29, 1.82) is 0 Å². The second-order valence-corrected chi connectivity index (χ2v) is 4.38. The third kappa shape index (κ3) is 4.93. The fourth-order valence-corrected chi connectivity index (χ4v) is 1.52. The number of benzene rings is 1. The zero-order valence-electron chi connectivity index (χ0n) is 9.13. The average molecular weight is 302 g/mol. The number of thioether (sulfide) groups is 1. The number of halogens is 5. The summed E-state index contributed by atoms with van der Waals surface area (Å²) < 4.78 is 66.4. The first kappa shape index (κ1) is 15.5. The largest absolute Gasteiger partial charge is 0.487 e. The maximum absolute atomic E-state index is 13.3. The number of rotatable bonds is 5. The van der Waals surface area contributed by atoms with Crippen LogP contribution in [-0.2, 0) is 0 Å². The molecule has 0 aromatic heterocycles. The lowest BCUT2D eigenvalue weighted by molar-refractivity contribution is -0.0329. The highest BCUT2D eigenvalue weighted by molar-refractivity contribution is 8.00. The minimum absolute atomic E-state index is 0.391. The van der Waals surface area contributed by atoms with E-state index in [2.05, 4.69) is 4.74 Å². The Balaban J connectivity index is 2.67. The van der Waals surface area contributed by atoms with E-state index in [1.165, 1.54) is 0 Å². The SMILES string of the molecule is O=C(O)c1cc(F)c(OCCSC(F)(F)F)c(F)c1. The Morgan fingerprint density at radius 2 is 1.79 bits per heavy atom. The van der Waals surface area contributed by atoms with Gasteiger partial charge in [-0.1, -0.05) is 0 Å². The summed E-state index contributed by atoms with van der Waals surface area (Å²) >= 11 is -0.391. The summed E-state index contributed by atoms with van der Waals surface area (Å²) in [5, 5.41) is 8.53. The van der Waals surface area contributed by atoms with Crippen LogP contribution < -0.4 is 4.74 Å². The Hall–Kier alpha value is -1.51. The summed E-state index contributed by atoms with van der Waals surface area (Å²) in [5.74, 6) is -5.53.